The van der Waals surface area contributed by atoms with Crippen LogP contribution in [0, 0.1) is 0 Å². The van der Waals surface area contributed by atoms with Gasteiger partial charge in [-0.05, 0) is 20.8 Å². The van der Waals surface area contributed by atoms with Crippen molar-refractivity contribution in [2.45, 2.75) is 32.0 Å². The molecule has 0 bridgehead atoms. The quantitative estimate of drug-likeness (QED) is 0.854. The molecule has 0 saturated heterocycles. The van der Waals surface area contributed by atoms with Crippen molar-refractivity contribution < 1.29 is 9.94 Å². The highest BCUT2D eigenvalue weighted by molar-refractivity contribution is 5.82. The van der Waals surface area contributed by atoms with Crippen LogP contribution in [0.15, 0.2) is 35.3 Å². The Kier molecular flexibility index (Phi) is 2.72. The Morgan fingerprint density at radius 1 is 1.24 bits per heavy atom. The smallest absolute Gasteiger partial charge is 0.216 e. The molecule has 1 unspecified atom stereocenters. The van der Waals surface area contributed by atoms with Crippen molar-refractivity contribution >= 4 is 5.84 Å². The van der Waals surface area contributed by atoms with E-state index in [-0.39, 0.29) is 0 Å². The normalized spacial score (nSPS) is 27.1. The van der Waals surface area contributed by atoms with E-state index >= 15 is 0 Å². The second-order valence-electron chi connectivity index (χ2n) is 4.74. The van der Waals surface area contributed by atoms with E-state index in [0.717, 1.165) is 10.6 Å². The van der Waals surface area contributed by atoms with Gasteiger partial charge >= 0.3 is 0 Å². The number of nitrogens with zero attached hydrogens (tertiary/aromatic N) is 2. The molecule has 2 rings (SSSR count). The SMILES string of the molecule is COC1(c2ccccc2)N(O)C(C)=NC1(C)C. The molecule has 1 aromatic carbocycles. The number of rotatable bonds is 2. The summed E-state index contributed by atoms with van der Waals surface area (Å²) in [6.07, 6.45) is 0. The molecule has 0 aliphatic carbocycles. The van der Waals surface area contributed by atoms with Crippen molar-refractivity contribution in [1.82, 2.24) is 5.06 Å². The first-order valence-corrected chi connectivity index (χ1v) is 5.62. The molecule has 0 aromatic heterocycles. The fraction of sp³-hybridized carbons (Fsp3) is 0.462. The van der Waals surface area contributed by atoms with Gasteiger partial charge in [0, 0.05) is 12.7 Å². The van der Waals surface area contributed by atoms with Crippen LogP contribution in [0.1, 0.15) is 26.3 Å². The molecule has 1 heterocycles. The van der Waals surface area contributed by atoms with Crippen molar-refractivity contribution in [2.75, 3.05) is 7.11 Å². The standard InChI is InChI=1S/C13H18N2O2/c1-10-14-12(2,3)13(17-4,15(10)16)11-8-6-5-7-9-11/h5-9,16H,1-4H3. The highest BCUT2D eigenvalue weighted by atomic mass is 16.6. The number of hydroxylamine groups is 2. The predicted molar refractivity (Wildman–Crippen MR) is 65.9 cm³/mol. The van der Waals surface area contributed by atoms with Crippen LogP contribution < -0.4 is 0 Å². The van der Waals surface area contributed by atoms with Gasteiger partial charge in [-0.15, -0.1) is 0 Å². The number of hydrogen-bond acceptors (Lipinski definition) is 4. The summed E-state index contributed by atoms with van der Waals surface area (Å²) in [5.74, 6) is 0.556. The highest BCUT2D eigenvalue weighted by Gasteiger charge is 2.56. The molecular formula is C13H18N2O2. The Morgan fingerprint density at radius 2 is 1.82 bits per heavy atom. The van der Waals surface area contributed by atoms with Crippen molar-refractivity contribution in [3.8, 4) is 0 Å². The first-order chi connectivity index (χ1) is 7.95. The molecule has 4 nitrogen and oxygen atoms in total. The maximum absolute atomic E-state index is 10.3. The van der Waals surface area contributed by atoms with Gasteiger partial charge in [-0.3, -0.25) is 10.2 Å². The molecule has 1 aliphatic rings. The summed E-state index contributed by atoms with van der Waals surface area (Å²) in [6, 6.07) is 9.65. The molecule has 4 heteroatoms. The van der Waals surface area contributed by atoms with Gasteiger partial charge in [-0.2, -0.15) is 0 Å². The monoisotopic (exact) mass is 234 g/mol. The van der Waals surface area contributed by atoms with Gasteiger partial charge < -0.3 is 4.74 Å². The predicted octanol–water partition coefficient (Wildman–Crippen LogP) is 2.39. The third-order valence-electron chi connectivity index (χ3n) is 3.34. The lowest BCUT2D eigenvalue weighted by molar-refractivity contribution is -0.249. The minimum atomic E-state index is -0.960. The van der Waals surface area contributed by atoms with Gasteiger partial charge in [0.2, 0.25) is 5.72 Å². The lowest BCUT2D eigenvalue weighted by Gasteiger charge is -2.42. The van der Waals surface area contributed by atoms with Crippen molar-refractivity contribution in [2.24, 2.45) is 4.99 Å². The molecule has 0 saturated carbocycles. The second-order valence-corrected chi connectivity index (χ2v) is 4.74. The minimum Gasteiger partial charge on any atom is -0.351 e. The van der Waals surface area contributed by atoms with Gasteiger partial charge in [0.25, 0.3) is 0 Å². The molecule has 92 valence electrons. The Bertz CT molecular complexity index is 442. The number of methoxy groups -OCH3 is 1. The molecule has 1 aliphatic heterocycles. The van der Waals surface area contributed by atoms with E-state index in [4.69, 9.17) is 4.74 Å². The molecular weight excluding hydrogens is 216 g/mol. The van der Waals surface area contributed by atoms with Crippen molar-refractivity contribution in [3.05, 3.63) is 35.9 Å². The zero-order chi connectivity index (χ0) is 12.7. The van der Waals surface area contributed by atoms with E-state index in [1.807, 2.05) is 44.2 Å². The van der Waals surface area contributed by atoms with Crippen LogP contribution in [0.4, 0.5) is 0 Å². The zero-order valence-electron chi connectivity index (χ0n) is 10.6. The number of amidine groups is 1. The van der Waals surface area contributed by atoms with Crippen LogP contribution >= 0.6 is 0 Å². The Balaban J connectivity index is 2.60. The highest BCUT2D eigenvalue weighted by Crippen LogP contribution is 2.45. The van der Waals surface area contributed by atoms with Gasteiger partial charge in [-0.25, -0.2) is 5.06 Å². The maximum Gasteiger partial charge on any atom is 0.216 e. The van der Waals surface area contributed by atoms with E-state index in [1.54, 1.807) is 14.0 Å². The Hall–Kier alpha value is -1.39. The lowest BCUT2D eigenvalue weighted by Crippen LogP contribution is -2.54. The first-order valence-electron chi connectivity index (χ1n) is 5.62. The Morgan fingerprint density at radius 3 is 2.24 bits per heavy atom. The third-order valence-corrected chi connectivity index (χ3v) is 3.34. The summed E-state index contributed by atoms with van der Waals surface area (Å²) in [5, 5.41) is 11.4. The number of hydrogen-bond donors (Lipinski definition) is 1. The topological polar surface area (TPSA) is 45.1 Å². The average Bonchev–Trinajstić information content (AvgIpc) is 2.47. The van der Waals surface area contributed by atoms with Crippen LogP contribution in [0.25, 0.3) is 0 Å². The summed E-state index contributed by atoms with van der Waals surface area (Å²) < 4.78 is 5.64. The van der Waals surface area contributed by atoms with Crippen LogP contribution in [0.5, 0.6) is 0 Å². The largest absolute Gasteiger partial charge is 0.351 e. The van der Waals surface area contributed by atoms with E-state index in [2.05, 4.69) is 4.99 Å². The molecule has 17 heavy (non-hydrogen) atoms. The molecule has 0 amide bonds. The van der Waals surface area contributed by atoms with Gasteiger partial charge in [-0.1, -0.05) is 30.3 Å². The number of ether oxygens (including phenoxy) is 1. The van der Waals surface area contributed by atoms with Crippen molar-refractivity contribution in [1.29, 1.82) is 0 Å². The number of aliphatic imine (C=N–C) groups is 1. The Labute approximate surface area is 101 Å². The molecule has 1 aromatic rings. The summed E-state index contributed by atoms with van der Waals surface area (Å²) in [7, 11) is 1.59. The molecule has 1 N–H and O–H groups in total. The summed E-state index contributed by atoms with van der Waals surface area (Å²) in [5.41, 5.74) is -0.629. The average molecular weight is 234 g/mol. The van der Waals surface area contributed by atoms with Crippen molar-refractivity contribution in [3.63, 3.8) is 0 Å². The lowest BCUT2D eigenvalue weighted by atomic mass is 9.85. The molecule has 0 spiro atoms. The summed E-state index contributed by atoms with van der Waals surface area (Å²) in [4.78, 5) is 4.47. The van der Waals surface area contributed by atoms with Gasteiger partial charge in [0.05, 0.1) is 0 Å². The van der Waals surface area contributed by atoms with E-state index in [0.29, 0.717) is 5.84 Å². The van der Waals surface area contributed by atoms with E-state index < -0.39 is 11.3 Å². The molecule has 1 atom stereocenters. The van der Waals surface area contributed by atoms with Crippen LogP contribution in [-0.2, 0) is 10.5 Å². The fourth-order valence-corrected chi connectivity index (χ4v) is 2.61. The van der Waals surface area contributed by atoms with E-state index in [9.17, 15) is 5.21 Å². The zero-order valence-corrected chi connectivity index (χ0v) is 10.6. The van der Waals surface area contributed by atoms with Gasteiger partial charge in [0.1, 0.15) is 11.4 Å². The van der Waals surface area contributed by atoms with E-state index in [1.165, 1.54) is 0 Å². The third kappa shape index (κ3) is 1.48. The maximum atomic E-state index is 10.3. The van der Waals surface area contributed by atoms with Crippen LogP contribution in [0.3, 0.4) is 0 Å². The summed E-state index contributed by atoms with van der Waals surface area (Å²) in [6.45, 7) is 5.66. The first kappa shape index (κ1) is 12.1. The molecule has 0 radical (unpaired) electrons. The summed E-state index contributed by atoms with van der Waals surface area (Å²) >= 11 is 0. The fourth-order valence-electron chi connectivity index (χ4n) is 2.61. The van der Waals surface area contributed by atoms with Crippen LogP contribution in [0.2, 0.25) is 0 Å². The van der Waals surface area contributed by atoms with Crippen LogP contribution in [-0.4, -0.2) is 28.8 Å². The minimum absolute atomic E-state index is 0.554. The van der Waals surface area contributed by atoms with Gasteiger partial charge in [0.15, 0.2) is 0 Å². The number of benzene rings is 1. The molecule has 0 fully saturated rings. The second kappa shape index (κ2) is 3.82.